The predicted octanol–water partition coefficient (Wildman–Crippen LogP) is 2.07. The molecule has 4 aliphatic rings. The number of piperidine rings is 1. The van der Waals surface area contributed by atoms with Gasteiger partial charge in [0.2, 0.25) is 0 Å². The molecule has 4 rings (SSSR count). The molecule has 1 N–H and O–H groups in total. The fraction of sp³-hybridized carbons (Fsp3) is 0.818. The maximum atomic E-state index is 12.9. The fourth-order valence-corrected chi connectivity index (χ4v) is 5.87. The average molecular weight is 420 g/mol. The van der Waals surface area contributed by atoms with Gasteiger partial charge in [0.05, 0.1) is 0 Å². The Balaban J connectivity index is 1.27. The second-order valence-corrected chi connectivity index (χ2v) is 9.53. The van der Waals surface area contributed by atoms with E-state index in [2.05, 4.69) is 5.32 Å². The molecule has 2 heterocycles. The first-order chi connectivity index (χ1) is 14.4. The predicted molar refractivity (Wildman–Crippen MR) is 108 cm³/mol. The third kappa shape index (κ3) is 3.93. The summed E-state index contributed by atoms with van der Waals surface area (Å²) in [5, 5.41) is 2.82. The quantitative estimate of drug-likeness (QED) is 0.556. The van der Waals surface area contributed by atoms with Crippen molar-refractivity contribution < 1.29 is 23.9 Å². The van der Waals surface area contributed by atoms with E-state index < -0.39 is 24.1 Å². The zero-order chi connectivity index (χ0) is 21.3. The Morgan fingerprint density at radius 1 is 1.07 bits per heavy atom. The van der Waals surface area contributed by atoms with Gasteiger partial charge in [-0.2, -0.15) is 0 Å². The van der Waals surface area contributed by atoms with Gasteiger partial charge in [-0.25, -0.2) is 4.79 Å². The zero-order valence-electron chi connectivity index (χ0n) is 17.9. The van der Waals surface area contributed by atoms with Gasteiger partial charge >= 0.3 is 12.0 Å². The van der Waals surface area contributed by atoms with E-state index in [0.29, 0.717) is 18.9 Å². The molecule has 0 bridgehead atoms. The molecule has 1 spiro atoms. The number of amides is 4. The fourth-order valence-electron chi connectivity index (χ4n) is 5.87. The smallest absolute Gasteiger partial charge is 0.326 e. The number of nitrogens with one attached hydrogen (secondary N) is 1. The lowest BCUT2D eigenvalue weighted by Crippen LogP contribution is -2.54. The van der Waals surface area contributed by atoms with Crippen molar-refractivity contribution in [1.29, 1.82) is 0 Å². The zero-order valence-corrected chi connectivity index (χ0v) is 17.9. The van der Waals surface area contributed by atoms with Crippen LogP contribution < -0.4 is 5.32 Å². The summed E-state index contributed by atoms with van der Waals surface area (Å²) in [4.78, 5) is 52.8. The minimum Gasteiger partial charge on any atom is -0.454 e. The Morgan fingerprint density at radius 2 is 1.80 bits per heavy atom. The Bertz CT molecular complexity index is 726. The molecule has 30 heavy (non-hydrogen) atoms. The highest BCUT2D eigenvalue weighted by molar-refractivity contribution is 6.09. The summed E-state index contributed by atoms with van der Waals surface area (Å²) in [7, 11) is 0. The normalized spacial score (nSPS) is 34.0. The van der Waals surface area contributed by atoms with Gasteiger partial charge in [-0.3, -0.25) is 19.3 Å². The van der Waals surface area contributed by atoms with E-state index in [0.717, 1.165) is 43.0 Å². The first-order valence-electron chi connectivity index (χ1n) is 11.5. The molecule has 4 amide bonds. The number of imide groups is 1. The van der Waals surface area contributed by atoms with Crippen LogP contribution in [0.1, 0.15) is 64.7 Å². The molecule has 2 saturated heterocycles. The maximum Gasteiger partial charge on any atom is 0.326 e. The molecular weight excluding hydrogens is 386 g/mol. The van der Waals surface area contributed by atoms with Gasteiger partial charge in [0, 0.05) is 13.1 Å². The number of hydrogen-bond donors (Lipinski definition) is 1. The molecular formula is C22H33N3O5. The van der Waals surface area contributed by atoms with Crippen LogP contribution in [0.5, 0.6) is 0 Å². The molecule has 0 aromatic carbocycles. The van der Waals surface area contributed by atoms with E-state index in [9.17, 15) is 19.2 Å². The third-order valence-electron chi connectivity index (χ3n) is 7.79. The van der Waals surface area contributed by atoms with E-state index in [1.807, 2.05) is 6.92 Å². The number of ether oxygens (including phenoxy) is 1. The van der Waals surface area contributed by atoms with Crippen LogP contribution in [0.2, 0.25) is 0 Å². The number of esters is 1. The van der Waals surface area contributed by atoms with Crippen molar-refractivity contribution in [2.75, 3.05) is 26.2 Å². The molecule has 0 unspecified atom stereocenters. The van der Waals surface area contributed by atoms with Crippen LogP contribution >= 0.6 is 0 Å². The van der Waals surface area contributed by atoms with Crippen molar-refractivity contribution in [2.45, 2.75) is 70.3 Å². The topological polar surface area (TPSA) is 96.0 Å². The summed E-state index contributed by atoms with van der Waals surface area (Å²) in [6.07, 6.45) is 9.34. The van der Waals surface area contributed by atoms with Crippen molar-refractivity contribution in [1.82, 2.24) is 15.1 Å². The Hall–Kier alpha value is -2.12. The number of carbonyl (C=O) groups is 4. The highest BCUT2D eigenvalue weighted by Gasteiger charge is 2.55. The Morgan fingerprint density at radius 3 is 2.57 bits per heavy atom. The molecule has 0 aromatic heterocycles. The Labute approximate surface area is 177 Å². The summed E-state index contributed by atoms with van der Waals surface area (Å²) in [5.74, 6) is 0.0588. The minimum absolute atomic E-state index is 0.0352. The second-order valence-electron chi connectivity index (χ2n) is 9.53. The van der Waals surface area contributed by atoms with Gasteiger partial charge in [-0.15, -0.1) is 0 Å². The van der Waals surface area contributed by atoms with Crippen LogP contribution in [0.15, 0.2) is 0 Å². The third-order valence-corrected chi connectivity index (χ3v) is 7.79. The lowest BCUT2D eigenvalue weighted by molar-refractivity contribution is -0.155. The Kier molecular flexibility index (Phi) is 6.02. The SMILES string of the molecule is C[C@@H]1CCCC[C@@]12NC(=O)N(CC(=O)OCC(=O)N1CC[C@@H]3CCCC[C@@H]3C1)C2=O. The highest BCUT2D eigenvalue weighted by atomic mass is 16.5. The summed E-state index contributed by atoms with van der Waals surface area (Å²) >= 11 is 0. The molecule has 2 saturated carbocycles. The number of rotatable bonds is 4. The van der Waals surface area contributed by atoms with Crippen molar-refractivity contribution in [3.05, 3.63) is 0 Å². The first-order valence-corrected chi connectivity index (χ1v) is 11.5. The molecule has 166 valence electrons. The van der Waals surface area contributed by atoms with Crippen molar-refractivity contribution in [2.24, 2.45) is 17.8 Å². The number of hydrogen-bond acceptors (Lipinski definition) is 5. The van der Waals surface area contributed by atoms with Crippen molar-refractivity contribution in [3.8, 4) is 0 Å². The number of fused-ring (bicyclic) bond motifs is 1. The van der Waals surface area contributed by atoms with Crippen molar-refractivity contribution >= 4 is 23.8 Å². The molecule has 8 heteroatoms. The van der Waals surface area contributed by atoms with E-state index >= 15 is 0 Å². The van der Waals surface area contributed by atoms with E-state index in [1.165, 1.54) is 25.7 Å². The molecule has 4 atom stereocenters. The van der Waals surface area contributed by atoms with Crippen molar-refractivity contribution in [3.63, 3.8) is 0 Å². The number of nitrogens with zero attached hydrogens (tertiary/aromatic N) is 2. The standard InChI is InChI=1S/C22H33N3O5/c1-15-6-4-5-10-22(15)20(28)25(21(29)23-22)13-19(27)30-14-18(26)24-11-9-16-7-2-3-8-17(16)12-24/h15-17H,2-14H2,1H3,(H,23,29)/t15-,16+,17-,22-/m1/s1. The molecule has 0 aromatic rings. The second kappa shape index (κ2) is 8.55. The summed E-state index contributed by atoms with van der Waals surface area (Å²) in [5.41, 5.74) is -0.893. The van der Waals surface area contributed by atoms with Crippen LogP contribution in [0.4, 0.5) is 4.79 Å². The van der Waals surface area contributed by atoms with Gasteiger partial charge in [0.1, 0.15) is 12.1 Å². The van der Waals surface area contributed by atoms with Gasteiger partial charge in [-0.1, -0.05) is 39.0 Å². The first kappa shape index (κ1) is 21.1. The summed E-state index contributed by atoms with van der Waals surface area (Å²) < 4.78 is 5.15. The van der Waals surface area contributed by atoms with E-state index in [1.54, 1.807) is 4.90 Å². The van der Waals surface area contributed by atoms with E-state index in [4.69, 9.17) is 4.74 Å². The monoisotopic (exact) mass is 419 g/mol. The molecule has 0 radical (unpaired) electrons. The lowest BCUT2D eigenvalue weighted by atomic mass is 9.73. The number of likely N-dealkylation sites (tertiary alicyclic amines) is 1. The summed E-state index contributed by atoms with van der Waals surface area (Å²) in [6.45, 7) is 2.64. The van der Waals surface area contributed by atoms with Crippen LogP contribution in [-0.2, 0) is 19.1 Å². The lowest BCUT2D eigenvalue weighted by Gasteiger charge is -2.41. The highest BCUT2D eigenvalue weighted by Crippen LogP contribution is 2.38. The summed E-state index contributed by atoms with van der Waals surface area (Å²) in [6, 6.07) is -0.545. The van der Waals surface area contributed by atoms with Crippen LogP contribution in [0.3, 0.4) is 0 Å². The van der Waals surface area contributed by atoms with Gasteiger partial charge in [0.25, 0.3) is 11.8 Å². The number of urea groups is 1. The van der Waals surface area contributed by atoms with Crippen LogP contribution in [0, 0.1) is 17.8 Å². The maximum absolute atomic E-state index is 12.9. The van der Waals surface area contributed by atoms with Gasteiger partial charge < -0.3 is 15.0 Å². The molecule has 2 aliphatic heterocycles. The van der Waals surface area contributed by atoms with Gasteiger partial charge in [0.15, 0.2) is 6.61 Å². The molecule has 2 aliphatic carbocycles. The van der Waals surface area contributed by atoms with E-state index in [-0.39, 0.29) is 24.3 Å². The largest absolute Gasteiger partial charge is 0.454 e. The minimum atomic E-state index is -0.893. The molecule has 8 nitrogen and oxygen atoms in total. The van der Waals surface area contributed by atoms with Crippen LogP contribution in [-0.4, -0.2) is 65.4 Å². The average Bonchev–Trinajstić information content (AvgIpc) is 2.98. The van der Waals surface area contributed by atoms with Crippen LogP contribution in [0.25, 0.3) is 0 Å². The molecule has 4 fully saturated rings. The van der Waals surface area contributed by atoms with Gasteiger partial charge in [-0.05, 0) is 43.4 Å². The number of carbonyl (C=O) groups excluding carboxylic acids is 4.